The number of hydrogen-bond acceptors (Lipinski definition) is 5. The minimum atomic E-state index is -4.82. The van der Waals surface area contributed by atoms with Gasteiger partial charge in [0, 0.05) is 11.1 Å². The van der Waals surface area contributed by atoms with Crippen LogP contribution in [0.2, 0.25) is 0 Å². The first kappa shape index (κ1) is 31.2. The van der Waals surface area contributed by atoms with Gasteiger partial charge >= 0.3 is 29.6 Å². The molecular formula is C27H27Br2NaO5S. The average Bonchev–Trinajstić information content (AvgIpc) is 2.78. The van der Waals surface area contributed by atoms with Crippen molar-refractivity contribution in [2.45, 2.75) is 52.4 Å². The molecule has 3 rings (SSSR count). The summed E-state index contributed by atoms with van der Waals surface area (Å²) in [6.45, 7) is 11.3. The van der Waals surface area contributed by atoms with Crippen molar-refractivity contribution in [1.82, 2.24) is 0 Å². The van der Waals surface area contributed by atoms with E-state index in [1.807, 2.05) is 40.7 Å². The van der Waals surface area contributed by atoms with E-state index in [9.17, 15) is 22.9 Å². The van der Waals surface area contributed by atoms with Gasteiger partial charge < -0.3 is 9.66 Å². The van der Waals surface area contributed by atoms with Gasteiger partial charge in [0.2, 0.25) is 0 Å². The van der Waals surface area contributed by atoms with E-state index in [0.717, 1.165) is 0 Å². The summed E-state index contributed by atoms with van der Waals surface area (Å²) in [4.78, 5) is 12.6. The summed E-state index contributed by atoms with van der Waals surface area (Å²) in [7, 11) is -4.82. The number of halogens is 2. The zero-order chi connectivity index (χ0) is 26.4. The van der Waals surface area contributed by atoms with Gasteiger partial charge in [0.1, 0.15) is 15.9 Å². The molecule has 0 heterocycles. The molecule has 0 aliphatic heterocycles. The first-order valence-electron chi connectivity index (χ1n) is 11.1. The van der Waals surface area contributed by atoms with Crippen LogP contribution in [0.3, 0.4) is 0 Å². The summed E-state index contributed by atoms with van der Waals surface area (Å²) in [5, 5.41) is 10.8. The monoisotopic (exact) mass is 644 g/mol. The Morgan fingerprint density at radius 2 is 1.58 bits per heavy atom. The van der Waals surface area contributed by atoms with Crippen molar-refractivity contribution in [1.29, 1.82) is 0 Å². The predicted molar refractivity (Wildman–Crippen MR) is 145 cm³/mol. The fourth-order valence-corrected chi connectivity index (χ4v) is 5.78. The van der Waals surface area contributed by atoms with Crippen LogP contribution in [0.25, 0.3) is 5.57 Å². The zero-order valence-electron chi connectivity index (χ0n) is 21.4. The zero-order valence-corrected chi connectivity index (χ0v) is 27.4. The molecular weight excluding hydrogens is 619 g/mol. The van der Waals surface area contributed by atoms with E-state index in [2.05, 4.69) is 31.9 Å². The molecule has 0 fully saturated rings. The fourth-order valence-electron chi connectivity index (χ4n) is 4.21. The molecule has 36 heavy (non-hydrogen) atoms. The molecule has 2 aromatic carbocycles. The Morgan fingerprint density at radius 3 is 2.11 bits per heavy atom. The molecule has 186 valence electrons. The Bertz CT molecular complexity index is 1430. The van der Waals surface area contributed by atoms with Gasteiger partial charge in [-0.2, -0.15) is 0 Å². The first-order valence-corrected chi connectivity index (χ1v) is 14.1. The summed E-state index contributed by atoms with van der Waals surface area (Å²) in [6.07, 6.45) is 1.78. The molecule has 1 N–H and O–H groups in total. The van der Waals surface area contributed by atoms with Crippen LogP contribution in [0.1, 0.15) is 62.8 Å². The number of allylic oxidation sites excluding steroid dienone is 5. The smallest absolute Gasteiger partial charge is 0.744 e. The number of ketones is 1. The van der Waals surface area contributed by atoms with E-state index >= 15 is 0 Å². The number of phenols is 1. The summed E-state index contributed by atoms with van der Waals surface area (Å²) < 4.78 is 37.8. The van der Waals surface area contributed by atoms with E-state index in [4.69, 9.17) is 0 Å². The second-order valence-corrected chi connectivity index (χ2v) is 12.2. The number of phenolic OH excluding ortho intramolecular Hbond substituents is 1. The molecule has 0 amide bonds. The number of carbonyl (C=O) groups is 1. The third-order valence-electron chi connectivity index (χ3n) is 6.22. The fraction of sp³-hybridized carbons (Fsp3) is 0.296. The number of benzene rings is 2. The van der Waals surface area contributed by atoms with Crippen LogP contribution in [0.4, 0.5) is 0 Å². The van der Waals surface area contributed by atoms with E-state index in [1.54, 1.807) is 25.1 Å². The van der Waals surface area contributed by atoms with Crippen LogP contribution in [0.5, 0.6) is 5.75 Å². The van der Waals surface area contributed by atoms with Crippen LogP contribution in [-0.4, -0.2) is 23.9 Å². The summed E-state index contributed by atoms with van der Waals surface area (Å²) >= 11 is 6.95. The van der Waals surface area contributed by atoms with Crippen LogP contribution < -0.4 is 29.6 Å². The molecule has 0 bridgehead atoms. The van der Waals surface area contributed by atoms with Gasteiger partial charge in [-0.1, -0.05) is 45.9 Å². The molecule has 0 unspecified atom stereocenters. The van der Waals surface area contributed by atoms with Crippen molar-refractivity contribution in [2.24, 2.45) is 5.92 Å². The van der Waals surface area contributed by atoms with E-state index in [1.165, 1.54) is 12.1 Å². The van der Waals surface area contributed by atoms with Crippen molar-refractivity contribution in [3.63, 3.8) is 0 Å². The predicted octanol–water partition coefficient (Wildman–Crippen LogP) is 4.13. The minimum absolute atomic E-state index is 0. The molecule has 0 saturated carbocycles. The van der Waals surface area contributed by atoms with Gasteiger partial charge in [-0.15, -0.1) is 0 Å². The van der Waals surface area contributed by atoms with Crippen molar-refractivity contribution in [3.05, 3.63) is 84.3 Å². The number of Topliss-reactive ketones (excluding diaryl/α,β-unsaturated/α-hetero) is 1. The Hall–Kier alpha value is -1.000. The Balaban J connectivity index is 0.00000456. The molecule has 1 aliphatic carbocycles. The van der Waals surface area contributed by atoms with Gasteiger partial charge in [0.05, 0.1) is 13.9 Å². The summed E-state index contributed by atoms with van der Waals surface area (Å²) in [6, 6.07) is 7.91. The quantitative estimate of drug-likeness (QED) is 0.390. The SMILES string of the molecule is CC1=C(Br)C(=O)C(C(C)C)=C/C1=C(\c1ccccc1S(=O)(=O)[O-])c1cc(C(C)C)c(O)c(Br)c1C.[Na+]. The molecule has 0 atom stereocenters. The Kier molecular flexibility index (Phi) is 10.2. The molecule has 5 nitrogen and oxygen atoms in total. The second kappa shape index (κ2) is 11.8. The molecule has 0 aromatic heterocycles. The standard InChI is InChI=1S/C27H28Br2O5S.Na/c1-13(2)18-11-20(15(5)24(28)26(18)30)23(17-9-7-8-10-22(17)35(32,33)34)21-12-19(14(3)4)27(31)25(29)16(21)6;/h7-14,30H,1-6H3,(H,32,33,34);/q;+1/p-1/b23-21-;. The second-order valence-electron chi connectivity index (χ2n) is 9.22. The summed E-state index contributed by atoms with van der Waals surface area (Å²) in [5.74, 6) is -0.136. The maximum Gasteiger partial charge on any atom is 1.00 e. The number of rotatable bonds is 5. The molecule has 9 heteroatoms. The molecule has 2 aromatic rings. The van der Waals surface area contributed by atoms with Gasteiger partial charge in [-0.05, 0) is 109 Å². The molecule has 0 radical (unpaired) electrons. The first-order chi connectivity index (χ1) is 16.2. The largest absolute Gasteiger partial charge is 1.00 e. The topological polar surface area (TPSA) is 94.5 Å². The van der Waals surface area contributed by atoms with Gasteiger partial charge in [0.25, 0.3) is 0 Å². The number of hydrogen-bond donors (Lipinski definition) is 1. The van der Waals surface area contributed by atoms with Crippen LogP contribution in [0, 0.1) is 12.8 Å². The van der Waals surface area contributed by atoms with E-state index < -0.39 is 10.1 Å². The van der Waals surface area contributed by atoms with Gasteiger partial charge in [-0.25, -0.2) is 8.42 Å². The normalized spacial score (nSPS) is 15.9. The molecule has 0 saturated heterocycles. The Morgan fingerprint density at radius 1 is 1.00 bits per heavy atom. The minimum Gasteiger partial charge on any atom is -0.744 e. The van der Waals surface area contributed by atoms with Crippen molar-refractivity contribution in [2.75, 3.05) is 0 Å². The van der Waals surface area contributed by atoms with Crippen LogP contribution >= 0.6 is 31.9 Å². The maximum atomic E-state index is 13.0. The van der Waals surface area contributed by atoms with Gasteiger partial charge in [-0.3, -0.25) is 4.79 Å². The molecule has 1 aliphatic rings. The Labute approximate surface area is 252 Å². The average molecular weight is 646 g/mol. The van der Waals surface area contributed by atoms with Crippen molar-refractivity contribution < 1.29 is 52.4 Å². The summed E-state index contributed by atoms with van der Waals surface area (Å²) in [5.41, 5.74) is 4.55. The number of carbonyl (C=O) groups excluding carboxylic acids is 1. The van der Waals surface area contributed by atoms with Crippen molar-refractivity contribution in [3.8, 4) is 5.75 Å². The van der Waals surface area contributed by atoms with Crippen LogP contribution in [-0.2, 0) is 14.9 Å². The third-order valence-corrected chi connectivity index (χ3v) is 9.04. The molecule has 0 spiro atoms. The maximum absolute atomic E-state index is 13.0. The van der Waals surface area contributed by atoms with E-state index in [0.29, 0.717) is 47.9 Å². The van der Waals surface area contributed by atoms with Crippen molar-refractivity contribution >= 4 is 53.3 Å². The van der Waals surface area contributed by atoms with Gasteiger partial charge in [0.15, 0.2) is 5.78 Å². The van der Waals surface area contributed by atoms with E-state index in [-0.39, 0.29) is 63.4 Å². The number of aromatic hydroxyl groups is 1. The third kappa shape index (κ3) is 5.85. The van der Waals surface area contributed by atoms with Crippen LogP contribution in [0.15, 0.2) is 67.0 Å².